The molecule has 5 rings (SSSR count). The van der Waals surface area contributed by atoms with E-state index in [-0.39, 0.29) is 5.91 Å². The summed E-state index contributed by atoms with van der Waals surface area (Å²) in [6.07, 6.45) is 6.95. The quantitative estimate of drug-likeness (QED) is 0.211. The van der Waals surface area contributed by atoms with E-state index in [1.54, 1.807) is 24.6 Å². The third-order valence-electron chi connectivity index (χ3n) is 6.40. The van der Waals surface area contributed by atoms with Crippen LogP contribution in [0.25, 0.3) is 10.1 Å². The van der Waals surface area contributed by atoms with Crippen molar-refractivity contribution in [2.45, 2.75) is 25.8 Å². The molecule has 1 aliphatic heterocycles. The highest BCUT2D eigenvalue weighted by Crippen LogP contribution is 2.38. The van der Waals surface area contributed by atoms with Gasteiger partial charge in [-0.25, -0.2) is 4.98 Å². The summed E-state index contributed by atoms with van der Waals surface area (Å²) in [6.45, 7) is 6.79. The number of anilines is 5. The molecule has 1 aliphatic rings. The molecule has 1 amide bonds. The Morgan fingerprint density at radius 1 is 1.08 bits per heavy atom. The summed E-state index contributed by atoms with van der Waals surface area (Å²) in [6, 6.07) is 18.0. The zero-order valence-electron chi connectivity index (χ0n) is 20.9. The fourth-order valence-corrected chi connectivity index (χ4v) is 5.54. The number of carbonyl (C=O) groups excluding carboxylic acids is 1. The maximum atomic E-state index is 11.7. The molecule has 0 aliphatic carbocycles. The van der Waals surface area contributed by atoms with Crippen LogP contribution >= 0.6 is 11.3 Å². The van der Waals surface area contributed by atoms with Crippen LogP contribution in [-0.4, -0.2) is 36.0 Å². The summed E-state index contributed by atoms with van der Waals surface area (Å²) in [5.74, 6) is 1.33. The van der Waals surface area contributed by atoms with E-state index in [1.807, 2.05) is 30.3 Å². The number of benzene rings is 2. The van der Waals surface area contributed by atoms with Crippen molar-refractivity contribution in [2.75, 3.05) is 36.1 Å². The third kappa shape index (κ3) is 6.10. The minimum atomic E-state index is -0.249. The Hall–Kier alpha value is -3.88. The largest absolute Gasteiger partial charge is 0.495 e. The molecular formula is C29H31N5O2S. The smallest absolute Gasteiger partial charge is 0.247 e. The number of pyridine rings is 1. The average molecular weight is 514 g/mol. The summed E-state index contributed by atoms with van der Waals surface area (Å²) >= 11 is 1.66. The Morgan fingerprint density at radius 2 is 1.92 bits per heavy atom. The summed E-state index contributed by atoms with van der Waals surface area (Å²) in [5, 5.41) is 11.7. The minimum Gasteiger partial charge on any atom is -0.495 e. The standard InChI is InChI=1S/C29H31N5O2S/c1-3-27(35)31-21-8-7-9-22(17-21)32-29-23-18-28(37-26(23)12-13-30-29)33-24-11-10-20(16-25(24)36-2)19-34-14-5-4-6-15-34/h3,7-13,16-18,33H,1,4-6,14-15,19H2,2H3,(H,30,32)(H,31,35). The van der Waals surface area contributed by atoms with Gasteiger partial charge in [-0.3, -0.25) is 9.69 Å². The Labute approximate surface area is 221 Å². The lowest BCUT2D eigenvalue weighted by molar-refractivity contribution is -0.111. The first-order chi connectivity index (χ1) is 18.1. The first-order valence-electron chi connectivity index (χ1n) is 12.5. The number of thiophene rings is 1. The molecule has 0 atom stereocenters. The van der Waals surface area contributed by atoms with E-state index in [0.717, 1.165) is 44.6 Å². The van der Waals surface area contributed by atoms with E-state index in [2.05, 4.69) is 56.7 Å². The molecule has 3 N–H and O–H groups in total. The van der Waals surface area contributed by atoms with Crippen LogP contribution in [0.15, 0.2) is 73.4 Å². The molecule has 37 heavy (non-hydrogen) atoms. The van der Waals surface area contributed by atoms with Gasteiger partial charge in [0.25, 0.3) is 0 Å². The van der Waals surface area contributed by atoms with E-state index < -0.39 is 0 Å². The van der Waals surface area contributed by atoms with E-state index in [9.17, 15) is 4.79 Å². The van der Waals surface area contributed by atoms with Gasteiger partial charge in [-0.15, -0.1) is 11.3 Å². The lowest BCUT2D eigenvalue weighted by Crippen LogP contribution is -2.29. The Kier molecular flexibility index (Phi) is 7.67. The van der Waals surface area contributed by atoms with Crippen molar-refractivity contribution >= 4 is 55.2 Å². The zero-order chi connectivity index (χ0) is 25.6. The number of nitrogens with zero attached hydrogens (tertiary/aromatic N) is 2. The molecule has 1 saturated heterocycles. The molecular weight excluding hydrogens is 482 g/mol. The summed E-state index contributed by atoms with van der Waals surface area (Å²) in [4.78, 5) is 18.7. The van der Waals surface area contributed by atoms with Crippen LogP contribution in [0.1, 0.15) is 24.8 Å². The fourth-order valence-electron chi connectivity index (χ4n) is 4.57. The second-order valence-corrected chi connectivity index (χ2v) is 10.2. The zero-order valence-corrected chi connectivity index (χ0v) is 21.7. The predicted molar refractivity (Wildman–Crippen MR) is 154 cm³/mol. The van der Waals surface area contributed by atoms with Crippen molar-refractivity contribution in [3.8, 4) is 5.75 Å². The van der Waals surface area contributed by atoms with Crippen LogP contribution in [-0.2, 0) is 11.3 Å². The second kappa shape index (κ2) is 11.5. The normalized spacial score (nSPS) is 13.8. The number of rotatable bonds is 9. The van der Waals surface area contributed by atoms with E-state index in [0.29, 0.717) is 5.69 Å². The van der Waals surface area contributed by atoms with Gasteiger partial charge in [-0.05, 0) is 80.0 Å². The Morgan fingerprint density at radius 3 is 2.73 bits per heavy atom. The number of hydrogen-bond donors (Lipinski definition) is 3. The molecule has 0 unspecified atom stereocenters. The van der Waals surface area contributed by atoms with Gasteiger partial charge in [-0.2, -0.15) is 0 Å². The van der Waals surface area contributed by atoms with Crippen molar-refractivity contribution < 1.29 is 9.53 Å². The van der Waals surface area contributed by atoms with Crippen molar-refractivity contribution in [2.24, 2.45) is 0 Å². The number of piperidine rings is 1. The summed E-state index contributed by atoms with van der Waals surface area (Å²) in [7, 11) is 1.72. The Bertz CT molecular complexity index is 1410. The van der Waals surface area contributed by atoms with Gasteiger partial charge in [0.2, 0.25) is 5.91 Å². The number of methoxy groups -OCH3 is 1. The highest BCUT2D eigenvalue weighted by atomic mass is 32.1. The molecule has 7 nitrogen and oxygen atoms in total. The minimum absolute atomic E-state index is 0.249. The molecule has 1 fully saturated rings. The van der Waals surface area contributed by atoms with Gasteiger partial charge < -0.3 is 20.7 Å². The highest BCUT2D eigenvalue weighted by molar-refractivity contribution is 7.22. The number of likely N-dealkylation sites (tertiary alicyclic amines) is 1. The molecule has 0 bridgehead atoms. The van der Waals surface area contributed by atoms with Crippen LogP contribution in [0, 0.1) is 0 Å². The topological polar surface area (TPSA) is 78.5 Å². The van der Waals surface area contributed by atoms with Crippen LogP contribution in [0.5, 0.6) is 5.75 Å². The van der Waals surface area contributed by atoms with E-state index in [1.165, 1.54) is 44.0 Å². The molecule has 0 spiro atoms. The maximum absolute atomic E-state index is 11.7. The van der Waals surface area contributed by atoms with Gasteiger partial charge in [0, 0.05) is 34.2 Å². The van der Waals surface area contributed by atoms with Gasteiger partial charge in [-0.1, -0.05) is 25.1 Å². The molecule has 2 aromatic carbocycles. The average Bonchev–Trinajstić information content (AvgIpc) is 3.34. The molecule has 190 valence electrons. The molecule has 0 radical (unpaired) electrons. The molecule has 8 heteroatoms. The molecule has 0 saturated carbocycles. The molecule has 2 aromatic heterocycles. The monoisotopic (exact) mass is 513 g/mol. The first-order valence-corrected chi connectivity index (χ1v) is 13.3. The van der Waals surface area contributed by atoms with Gasteiger partial charge >= 0.3 is 0 Å². The van der Waals surface area contributed by atoms with Crippen molar-refractivity contribution in [3.05, 3.63) is 79.0 Å². The number of aromatic nitrogens is 1. The van der Waals surface area contributed by atoms with Crippen molar-refractivity contribution in [1.82, 2.24) is 9.88 Å². The predicted octanol–water partition coefficient (Wildman–Crippen LogP) is 6.90. The molecule has 3 heterocycles. The van der Waals surface area contributed by atoms with E-state index in [4.69, 9.17) is 4.74 Å². The lowest BCUT2D eigenvalue weighted by Gasteiger charge is -2.26. The number of ether oxygens (including phenoxy) is 1. The number of hydrogen-bond acceptors (Lipinski definition) is 7. The number of fused-ring (bicyclic) bond motifs is 1. The van der Waals surface area contributed by atoms with Crippen LogP contribution in [0.4, 0.5) is 27.9 Å². The fraction of sp³-hybridized carbons (Fsp3) is 0.241. The molecule has 4 aromatic rings. The van der Waals surface area contributed by atoms with E-state index >= 15 is 0 Å². The van der Waals surface area contributed by atoms with Gasteiger partial charge in [0.15, 0.2) is 0 Å². The van der Waals surface area contributed by atoms with Crippen LogP contribution in [0.3, 0.4) is 0 Å². The highest BCUT2D eigenvalue weighted by Gasteiger charge is 2.14. The van der Waals surface area contributed by atoms with Crippen molar-refractivity contribution in [3.63, 3.8) is 0 Å². The number of carbonyl (C=O) groups is 1. The third-order valence-corrected chi connectivity index (χ3v) is 7.42. The lowest BCUT2D eigenvalue weighted by atomic mass is 10.1. The summed E-state index contributed by atoms with van der Waals surface area (Å²) < 4.78 is 6.84. The van der Waals surface area contributed by atoms with Crippen molar-refractivity contribution in [1.29, 1.82) is 0 Å². The first kappa shape index (κ1) is 24.8. The maximum Gasteiger partial charge on any atom is 0.247 e. The van der Waals surface area contributed by atoms with Gasteiger partial charge in [0.1, 0.15) is 11.6 Å². The number of amides is 1. The SMILES string of the molecule is C=CC(=O)Nc1cccc(Nc2nccc3sc(Nc4ccc(CN5CCCCC5)cc4OC)cc23)c1. The van der Waals surface area contributed by atoms with Crippen LogP contribution in [0.2, 0.25) is 0 Å². The number of nitrogens with one attached hydrogen (secondary N) is 3. The summed E-state index contributed by atoms with van der Waals surface area (Å²) in [5.41, 5.74) is 3.71. The van der Waals surface area contributed by atoms with Crippen LogP contribution < -0.4 is 20.7 Å². The Balaban J connectivity index is 1.34. The second-order valence-electron chi connectivity index (χ2n) is 9.08. The van der Waals surface area contributed by atoms with Gasteiger partial charge in [0.05, 0.1) is 17.8 Å².